The Kier molecular flexibility index (Phi) is 3.60. The molecule has 2 aliphatic carbocycles. The molecule has 3 fully saturated rings. The van der Waals surface area contributed by atoms with Crippen molar-refractivity contribution < 1.29 is 23.8 Å². The largest absolute Gasteiger partial charge is 0.459 e. The van der Waals surface area contributed by atoms with Crippen molar-refractivity contribution in [3.63, 3.8) is 0 Å². The lowest BCUT2D eigenvalue weighted by Gasteiger charge is -2.27. The Morgan fingerprint density at radius 1 is 1.30 bits per heavy atom. The molecule has 2 saturated carbocycles. The molecule has 5 heteroatoms. The molecule has 6 unspecified atom stereocenters. The first-order chi connectivity index (χ1) is 11.1. The number of carbonyl (C=O) groups is 2. The number of benzene rings is 1. The lowest BCUT2D eigenvalue weighted by molar-refractivity contribution is -0.168. The van der Waals surface area contributed by atoms with Crippen LogP contribution in [0.25, 0.3) is 0 Å². The van der Waals surface area contributed by atoms with Gasteiger partial charge >= 0.3 is 11.9 Å². The van der Waals surface area contributed by atoms with Gasteiger partial charge in [0.25, 0.3) is 0 Å². The molecule has 0 aromatic heterocycles. The van der Waals surface area contributed by atoms with Crippen molar-refractivity contribution >= 4 is 11.9 Å². The third-order valence-electron chi connectivity index (χ3n) is 5.33. The molecule has 0 spiro atoms. The van der Waals surface area contributed by atoms with Gasteiger partial charge in [-0.15, -0.1) is 0 Å². The van der Waals surface area contributed by atoms with E-state index in [-0.39, 0.29) is 42.6 Å². The van der Waals surface area contributed by atoms with Crippen LogP contribution in [0.2, 0.25) is 0 Å². The number of fused-ring (bicyclic) bond motifs is 1. The fourth-order valence-corrected chi connectivity index (χ4v) is 4.23. The van der Waals surface area contributed by atoms with Gasteiger partial charge in [0.2, 0.25) is 0 Å². The summed E-state index contributed by atoms with van der Waals surface area (Å²) in [5, 5.41) is 0. The molecule has 1 saturated heterocycles. The van der Waals surface area contributed by atoms with Crippen molar-refractivity contribution in [3.05, 3.63) is 35.9 Å². The standard InChI is InChI=1S/C18H20O5/c1-10(17(19)21-9-11-5-3-2-4-6-11)22-15-12-7-13-14(8-12)18(20)23-16(13)15/h2-6,10,12-16H,7-9H2,1H3. The molecule has 1 aromatic rings. The van der Waals surface area contributed by atoms with Gasteiger partial charge in [0.05, 0.1) is 12.0 Å². The highest BCUT2D eigenvalue weighted by molar-refractivity contribution is 5.77. The van der Waals surface area contributed by atoms with Crippen LogP contribution >= 0.6 is 0 Å². The van der Waals surface area contributed by atoms with E-state index in [2.05, 4.69) is 0 Å². The molecule has 4 rings (SSSR count). The minimum absolute atomic E-state index is 0.0604. The molecule has 0 radical (unpaired) electrons. The molecule has 6 atom stereocenters. The first kappa shape index (κ1) is 14.7. The highest BCUT2D eigenvalue weighted by atomic mass is 16.6. The van der Waals surface area contributed by atoms with Crippen LogP contribution in [-0.2, 0) is 30.4 Å². The zero-order valence-electron chi connectivity index (χ0n) is 13.0. The summed E-state index contributed by atoms with van der Waals surface area (Å²) in [4.78, 5) is 23.9. The molecule has 1 aromatic carbocycles. The minimum atomic E-state index is -0.652. The van der Waals surface area contributed by atoms with Crippen molar-refractivity contribution in [3.8, 4) is 0 Å². The molecule has 3 aliphatic rings. The third-order valence-corrected chi connectivity index (χ3v) is 5.33. The summed E-state index contributed by atoms with van der Waals surface area (Å²) in [5.74, 6) is 0.200. The maximum absolute atomic E-state index is 12.1. The van der Waals surface area contributed by atoms with E-state index in [1.807, 2.05) is 30.3 Å². The van der Waals surface area contributed by atoms with Crippen LogP contribution in [0.5, 0.6) is 0 Å². The number of hydrogen-bond acceptors (Lipinski definition) is 5. The van der Waals surface area contributed by atoms with Gasteiger partial charge in [-0.2, -0.15) is 0 Å². The molecule has 5 nitrogen and oxygen atoms in total. The predicted octanol–water partition coefficient (Wildman–Crippen LogP) is 2.08. The highest BCUT2D eigenvalue weighted by Crippen LogP contribution is 2.55. The average molecular weight is 316 g/mol. The molecule has 23 heavy (non-hydrogen) atoms. The van der Waals surface area contributed by atoms with E-state index in [9.17, 15) is 9.59 Å². The summed E-state index contributed by atoms with van der Waals surface area (Å²) in [7, 11) is 0. The van der Waals surface area contributed by atoms with Gasteiger partial charge in [0.15, 0.2) is 6.10 Å². The van der Waals surface area contributed by atoms with Crippen LogP contribution in [0.1, 0.15) is 25.3 Å². The first-order valence-electron chi connectivity index (χ1n) is 8.20. The van der Waals surface area contributed by atoms with E-state index in [1.165, 1.54) is 0 Å². The Balaban J connectivity index is 1.33. The van der Waals surface area contributed by atoms with Gasteiger partial charge in [0.1, 0.15) is 12.7 Å². The van der Waals surface area contributed by atoms with Gasteiger partial charge < -0.3 is 14.2 Å². The van der Waals surface area contributed by atoms with Crippen molar-refractivity contribution in [1.82, 2.24) is 0 Å². The van der Waals surface area contributed by atoms with Crippen LogP contribution < -0.4 is 0 Å². The summed E-state index contributed by atoms with van der Waals surface area (Å²) >= 11 is 0. The quantitative estimate of drug-likeness (QED) is 0.778. The van der Waals surface area contributed by atoms with Crippen LogP contribution in [0.4, 0.5) is 0 Å². The number of ether oxygens (including phenoxy) is 3. The lowest BCUT2D eigenvalue weighted by atomic mass is 9.88. The Bertz CT molecular complexity index is 613. The maximum Gasteiger partial charge on any atom is 0.335 e. The maximum atomic E-state index is 12.1. The van der Waals surface area contributed by atoms with Gasteiger partial charge in [-0.1, -0.05) is 30.3 Å². The van der Waals surface area contributed by atoms with Crippen LogP contribution in [0.15, 0.2) is 30.3 Å². The summed E-state index contributed by atoms with van der Waals surface area (Å²) in [6.07, 6.45) is 0.812. The molecule has 0 amide bonds. The molecular weight excluding hydrogens is 296 g/mol. The summed E-state index contributed by atoms with van der Waals surface area (Å²) in [6, 6.07) is 9.55. The lowest BCUT2D eigenvalue weighted by Crippen LogP contribution is -2.39. The monoisotopic (exact) mass is 316 g/mol. The third kappa shape index (κ3) is 2.53. The van der Waals surface area contributed by atoms with Gasteiger partial charge in [-0.3, -0.25) is 4.79 Å². The Morgan fingerprint density at radius 2 is 2.09 bits per heavy atom. The first-order valence-corrected chi connectivity index (χ1v) is 8.20. The molecular formula is C18H20O5. The van der Waals surface area contributed by atoms with Gasteiger partial charge in [0, 0.05) is 5.92 Å². The zero-order valence-corrected chi connectivity index (χ0v) is 13.0. The minimum Gasteiger partial charge on any atom is -0.459 e. The van der Waals surface area contributed by atoms with E-state index < -0.39 is 6.10 Å². The summed E-state index contributed by atoms with van der Waals surface area (Å²) in [5.41, 5.74) is 0.945. The van der Waals surface area contributed by atoms with Crippen LogP contribution in [0, 0.1) is 17.8 Å². The smallest absolute Gasteiger partial charge is 0.335 e. The van der Waals surface area contributed by atoms with E-state index in [0.717, 1.165) is 18.4 Å². The Morgan fingerprint density at radius 3 is 2.87 bits per heavy atom. The summed E-state index contributed by atoms with van der Waals surface area (Å²) < 4.78 is 16.7. The van der Waals surface area contributed by atoms with Crippen LogP contribution in [-0.4, -0.2) is 30.3 Å². The molecule has 1 aliphatic heterocycles. The molecule has 1 heterocycles. The normalized spacial score (nSPS) is 35.2. The summed E-state index contributed by atoms with van der Waals surface area (Å²) in [6.45, 7) is 1.94. The predicted molar refractivity (Wildman–Crippen MR) is 80.2 cm³/mol. The van der Waals surface area contributed by atoms with E-state index in [1.54, 1.807) is 6.92 Å². The fraction of sp³-hybridized carbons (Fsp3) is 0.556. The van der Waals surface area contributed by atoms with E-state index >= 15 is 0 Å². The second-order valence-corrected chi connectivity index (χ2v) is 6.74. The topological polar surface area (TPSA) is 61.8 Å². The van der Waals surface area contributed by atoms with Crippen molar-refractivity contribution in [1.29, 1.82) is 0 Å². The Hall–Kier alpha value is -1.88. The fourth-order valence-electron chi connectivity index (χ4n) is 4.23. The SMILES string of the molecule is CC(OC1C2CC3C(=O)OC1C3C2)C(=O)OCc1ccccc1. The zero-order chi connectivity index (χ0) is 16.0. The van der Waals surface area contributed by atoms with Crippen molar-refractivity contribution in [2.45, 2.75) is 44.7 Å². The average Bonchev–Trinajstić information content (AvgIpc) is 3.18. The second-order valence-electron chi connectivity index (χ2n) is 6.74. The number of carbonyl (C=O) groups excluding carboxylic acids is 2. The Labute approximate surface area is 134 Å². The number of rotatable bonds is 5. The van der Waals surface area contributed by atoms with Gasteiger partial charge in [-0.05, 0) is 31.2 Å². The molecule has 2 bridgehead atoms. The van der Waals surface area contributed by atoms with Crippen molar-refractivity contribution in [2.75, 3.05) is 0 Å². The highest BCUT2D eigenvalue weighted by Gasteiger charge is 2.62. The van der Waals surface area contributed by atoms with Crippen molar-refractivity contribution in [2.24, 2.45) is 17.8 Å². The second kappa shape index (κ2) is 5.64. The number of esters is 2. The van der Waals surface area contributed by atoms with Gasteiger partial charge in [-0.25, -0.2) is 4.79 Å². The van der Waals surface area contributed by atoms with E-state index in [0.29, 0.717) is 5.92 Å². The molecule has 122 valence electrons. The van der Waals surface area contributed by atoms with Crippen LogP contribution in [0.3, 0.4) is 0 Å². The molecule has 0 N–H and O–H groups in total. The number of hydrogen-bond donors (Lipinski definition) is 0. The van der Waals surface area contributed by atoms with E-state index in [4.69, 9.17) is 14.2 Å².